The van der Waals surface area contributed by atoms with Crippen molar-refractivity contribution in [2.75, 3.05) is 36.4 Å². The van der Waals surface area contributed by atoms with Gasteiger partial charge in [-0.25, -0.2) is 24.0 Å². The van der Waals surface area contributed by atoms with Gasteiger partial charge in [-0.1, -0.05) is 29.8 Å². The van der Waals surface area contributed by atoms with Gasteiger partial charge < -0.3 is 14.2 Å². The fourth-order valence-electron chi connectivity index (χ4n) is 3.04. The molecule has 3 aromatic heterocycles. The highest BCUT2D eigenvalue weighted by molar-refractivity contribution is 7.94. The molecule has 0 atom stereocenters. The average molecular weight is 544 g/mol. The van der Waals surface area contributed by atoms with Crippen molar-refractivity contribution in [1.29, 1.82) is 0 Å². The summed E-state index contributed by atoms with van der Waals surface area (Å²) in [7, 11) is -1.20. The van der Waals surface area contributed by atoms with Crippen molar-refractivity contribution in [3.63, 3.8) is 0 Å². The lowest BCUT2D eigenvalue weighted by Gasteiger charge is -2.20. The first-order chi connectivity index (χ1) is 17.9. The van der Waals surface area contributed by atoms with Crippen molar-refractivity contribution >= 4 is 33.4 Å². The van der Waals surface area contributed by atoms with E-state index in [0.29, 0.717) is 21.9 Å². The van der Waals surface area contributed by atoms with Gasteiger partial charge in [-0.15, -0.1) is 0 Å². The molecule has 0 radical (unpaired) electrons. The number of methoxy groups -OCH3 is 1. The lowest BCUT2D eigenvalue weighted by atomic mass is 10.1. The van der Waals surface area contributed by atoms with Crippen LogP contribution in [0.5, 0.6) is 17.6 Å². The van der Waals surface area contributed by atoms with Crippen molar-refractivity contribution in [3.8, 4) is 28.8 Å². The maximum Gasteiger partial charge on any atom is 0.326 e. The van der Waals surface area contributed by atoms with Gasteiger partial charge in [0.2, 0.25) is 5.88 Å². The second-order valence-electron chi connectivity index (χ2n) is 7.27. The number of hydrogen-bond acceptors (Lipinski definition) is 10. The van der Waals surface area contributed by atoms with Gasteiger partial charge in [-0.05, 0) is 29.8 Å². The first kappa shape index (κ1) is 25.9. The normalized spacial score (nSPS) is 11.0. The number of anilines is 2. The summed E-state index contributed by atoms with van der Waals surface area (Å²) >= 11 is 6.05. The lowest BCUT2D eigenvalue weighted by molar-refractivity contribution is 0.201. The Kier molecular flexibility index (Phi) is 8.15. The van der Waals surface area contributed by atoms with Crippen LogP contribution in [-0.2, 0) is 10.2 Å². The summed E-state index contributed by atoms with van der Waals surface area (Å²) in [5.74, 6) is 0.872. The molecule has 0 bridgehead atoms. The molecule has 0 saturated heterocycles. The predicted molar refractivity (Wildman–Crippen MR) is 137 cm³/mol. The van der Waals surface area contributed by atoms with Gasteiger partial charge in [0.1, 0.15) is 25.4 Å². The summed E-state index contributed by atoms with van der Waals surface area (Å²) in [6.45, 7) is 0.160. The molecule has 0 fully saturated rings. The molecule has 0 spiro atoms. The standard InChI is InChI=1S/C23H22ClN7O5S/c1-31(19-5-3-4-10-25-19)37(32,33)30-21-20(16-6-8-17(24)9-7-16)22(29-15-28-21)35-11-12-36-23-26-13-18(34-2)14-27-23/h3-10,13-15H,11-12H2,1-2H3,(H,28,29,30). The van der Waals surface area contributed by atoms with E-state index in [1.54, 1.807) is 42.5 Å². The van der Waals surface area contributed by atoms with Crippen LogP contribution in [0.2, 0.25) is 5.02 Å². The Morgan fingerprint density at radius 1 is 0.946 bits per heavy atom. The van der Waals surface area contributed by atoms with Crippen LogP contribution in [0.3, 0.4) is 0 Å². The number of nitrogens with zero attached hydrogens (tertiary/aromatic N) is 6. The molecule has 1 aromatic carbocycles. The van der Waals surface area contributed by atoms with E-state index in [9.17, 15) is 8.42 Å². The zero-order valence-corrected chi connectivity index (χ0v) is 21.3. The Morgan fingerprint density at radius 2 is 1.68 bits per heavy atom. The van der Waals surface area contributed by atoms with Crippen LogP contribution in [-0.4, -0.2) is 60.7 Å². The van der Waals surface area contributed by atoms with Gasteiger partial charge in [0.05, 0.1) is 25.1 Å². The van der Waals surface area contributed by atoms with Crippen LogP contribution >= 0.6 is 11.6 Å². The number of halogens is 1. The maximum atomic E-state index is 13.1. The fourth-order valence-corrected chi connectivity index (χ4v) is 4.06. The molecule has 0 amide bonds. The molecule has 4 rings (SSSR count). The highest BCUT2D eigenvalue weighted by Crippen LogP contribution is 2.35. The van der Waals surface area contributed by atoms with E-state index in [1.807, 2.05) is 0 Å². The van der Waals surface area contributed by atoms with Gasteiger partial charge in [-0.3, -0.25) is 0 Å². The molecule has 192 valence electrons. The molecule has 12 nitrogen and oxygen atoms in total. The number of nitrogens with one attached hydrogen (secondary N) is 1. The Bertz CT molecular complexity index is 1430. The molecule has 0 aliphatic rings. The van der Waals surface area contributed by atoms with Crippen LogP contribution in [0, 0.1) is 0 Å². The Balaban J connectivity index is 1.56. The summed E-state index contributed by atoms with van der Waals surface area (Å²) < 4.78 is 46.1. The highest BCUT2D eigenvalue weighted by atomic mass is 35.5. The quantitative estimate of drug-likeness (QED) is 0.280. The van der Waals surface area contributed by atoms with Crippen LogP contribution in [0.1, 0.15) is 0 Å². The van der Waals surface area contributed by atoms with Gasteiger partial charge >= 0.3 is 16.2 Å². The Morgan fingerprint density at radius 3 is 2.35 bits per heavy atom. The van der Waals surface area contributed by atoms with Gasteiger partial charge in [0, 0.05) is 18.3 Å². The number of aromatic nitrogens is 5. The molecule has 14 heteroatoms. The molecule has 0 aliphatic carbocycles. The predicted octanol–water partition coefficient (Wildman–Crippen LogP) is 3.24. The summed E-state index contributed by atoms with van der Waals surface area (Å²) in [4.78, 5) is 20.5. The van der Waals surface area contributed by atoms with Crippen molar-refractivity contribution in [2.45, 2.75) is 0 Å². The van der Waals surface area contributed by atoms with Gasteiger partial charge in [0.25, 0.3) is 0 Å². The van der Waals surface area contributed by atoms with Gasteiger partial charge in [-0.2, -0.15) is 18.4 Å². The van der Waals surface area contributed by atoms with Crippen LogP contribution in [0.15, 0.2) is 67.4 Å². The van der Waals surface area contributed by atoms with E-state index in [2.05, 4.69) is 29.6 Å². The van der Waals surface area contributed by atoms with E-state index in [0.717, 1.165) is 4.31 Å². The highest BCUT2D eigenvalue weighted by Gasteiger charge is 2.24. The third-order valence-corrected chi connectivity index (χ3v) is 6.51. The number of benzene rings is 1. The minimum atomic E-state index is -4.09. The third kappa shape index (κ3) is 6.51. The van der Waals surface area contributed by atoms with Gasteiger partial charge in [0.15, 0.2) is 11.6 Å². The first-order valence-corrected chi connectivity index (χ1v) is 12.6. The fraction of sp³-hybridized carbons (Fsp3) is 0.174. The van der Waals surface area contributed by atoms with E-state index >= 15 is 0 Å². The molecule has 37 heavy (non-hydrogen) atoms. The van der Waals surface area contributed by atoms with E-state index in [4.69, 9.17) is 25.8 Å². The van der Waals surface area contributed by atoms with E-state index in [-0.39, 0.29) is 36.7 Å². The molecular formula is C23H22ClN7O5S. The summed E-state index contributed by atoms with van der Waals surface area (Å²) in [5, 5.41) is 0.507. The largest absolute Gasteiger partial charge is 0.494 e. The zero-order valence-electron chi connectivity index (χ0n) is 19.8. The first-order valence-electron chi connectivity index (χ1n) is 10.8. The van der Waals surface area contributed by atoms with Crippen LogP contribution in [0.25, 0.3) is 11.1 Å². The van der Waals surface area contributed by atoms with Crippen LogP contribution < -0.4 is 23.2 Å². The molecule has 0 saturated carbocycles. The lowest BCUT2D eigenvalue weighted by Crippen LogP contribution is -2.33. The van der Waals surface area contributed by atoms with Crippen molar-refractivity contribution in [3.05, 3.63) is 72.4 Å². The number of pyridine rings is 1. The zero-order chi connectivity index (χ0) is 26.3. The van der Waals surface area contributed by atoms with Crippen molar-refractivity contribution in [1.82, 2.24) is 24.9 Å². The minimum absolute atomic E-state index is 0.00881. The maximum absolute atomic E-state index is 13.1. The molecule has 4 aromatic rings. The third-order valence-electron chi connectivity index (χ3n) is 4.90. The van der Waals surface area contributed by atoms with Crippen molar-refractivity contribution < 1.29 is 22.6 Å². The van der Waals surface area contributed by atoms with Crippen LogP contribution in [0.4, 0.5) is 11.6 Å². The van der Waals surface area contributed by atoms with Crippen molar-refractivity contribution in [2.24, 2.45) is 0 Å². The number of hydrogen-bond donors (Lipinski definition) is 1. The number of rotatable bonds is 11. The second-order valence-corrected chi connectivity index (χ2v) is 9.41. The van der Waals surface area contributed by atoms with E-state index in [1.165, 1.54) is 39.1 Å². The average Bonchev–Trinajstić information content (AvgIpc) is 2.92. The Hall–Kier alpha value is -4.23. The van der Waals surface area contributed by atoms with E-state index < -0.39 is 10.2 Å². The molecular weight excluding hydrogens is 522 g/mol. The summed E-state index contributed by atoms with van der Waals surface area (Å²) in [6.07, 6.45) is 5.65. The molecule has 1 N–H and O–H groups in total. The SMILES string of the molecule is COc1cnc(OCCOc2ncnc(NS(=O)(=O)N(C)c3ccccn3)c2-c2ccc(Cl)cc2)nc1. The second kappa shape index (κ2) is 11.7. The summed E-state index contributed by atoms with van der Waals surface area (Å²) in [6, 6.07) is 11.8. The molecule has 0 unspecified atom stereocenters. The molecule has 3 heterocycles. The minimum Gasteiger partial charge on any atom is -0.494 e. The monoisotopic (exact) mass is 543 g/mol. The number of ether oxygens (including phenoxy) is 3. The molecule has 0 aliphatic heterocycles. The summed E-state index contributed by atoms with van der Waals surface area (Å²) in [5.41, 5.74) is 0.899. The topological polar surface area (TPSA) is 142 Å². The smallest absolute Gasteiger partial charge is 0.326 e. The Labute approximate surface area is 218 Å².